The van der Waals surface area contributed by atoms with Gasteiger partial charge in [-0.1, -0.05) is 12.0 Å². The molecule has 0 spiro atoms. The highest BCUT2D eigenvalue weighted by molar-refractivity contribution is 7.54. The third-order valence-electron chi connectivity index (χ3n) is 1.69. The zero-order valence-corrected chi connectivity index (χ0v) is 9.70. The lowest BCUT2D eigenvalue weighted by atomic mass is 10.5. The van der Waals surface area contributed by atoms with Gasteiger partial charge in [0.05, 0.1) is 12.3 Å². The molecule has 0 bridgehead atoms. The lowest BCUT2D eigenvalue weighted by Gasteiger charge is -2.20. The fourth-order valence-electron chi connectivity index (χ4n) is 0.761. The molecule has 0 fully saturated rings. The van der Waals surface area contributed by atoms with Crippen molar-refractivity contribution in [2.45, 2.75) is 19.0 Å². The van der Waals surface area contributed by atoms with Crippen molar-refractivity contribution in [1.82, 2.24) is 0 Å². The highest BCUT2D eigenvalue weighted by Gasteiger charge is 2.30. The van der Waals surface area contributed by atoms with E-state index in [0.717, 1.165) is 0 Å². The SMILES string of the molecule is C#CCCOP(=O)(OCC#C)C(C)C=C. The van der Waals surface area contributed by atoms with E-state index in [1.165, 1.54) is 6.08 Å². The lowest BCUT2D eigenvalue weighted by molar-refractivity contribution is 0.222. The Kier molecular flexibility index (Phi) is 6.84. The van der Waals surface area contributed by atoms with Gasteiger partial charge in [-0.05, 0) is 6.92 Å². The summed E-state index contributed by atoms with van der Waals surface area (Å²) in [6.45, 7) is 5.37. The molecule has 0 aliphatic rings. The maximum Gasteiger partial charge on any atom is 0.338 e. The molecule has 0 saturated heterocycles. The van der Waals surface area contributed by atoms with Crippen LogP contribution in [-0.4, -0.2) is 18.9 Å². The summed E-state index contributed by atoms with van der Waals surface area (Å²) in [6, 6.07) is 0. The third-order valence-corrected chi connectivity index (χ3v) is 3.93. The number of rotatable bonds is 7. The molecule has 0 aromatic heterocycles. The first-order chi connectivity index (χ1) is 7.10. The van der Waals surface area contributed by atoms with Gasteiger partial charge in [0.15, 0.2) is 0 Å². The maximum atomic E-state index is 12.1. The molecule has 82 valence electrons. The first kappa shape index (κ1) is 14.0. The molecular weight excluding hydrogens is 211 g/mol. The molecule has 0 radical (unpaired) electrons. The van der Waals surface area contributed by atoms with Crippen LogP contribution >= 0.6 is 7.60 Å². The van der Waals surface area contributed by atoms with E-state index in [2.05, 4.69) is 18.4 Å². The van der Waals surface area contributed by atoms with Gasteiger partial charge < -0.3 is 4.52 Å². The molecule has 4 heteroatoms. The zero-order valence-electron chi connectivity index (χ0n) is 8.81. The summed E-state index contributed by atoms with van der Waals surface area (Å²) in [4.78, 5) is 0. The summed E-state index contributed by atoms with van der Waals surface area (Å²) in [5, 5.41) is 0. The molecule has 0 heterocycles. The van der Waals surface area contributed by atoms with Crippen LogP contribution in [0.3, 0.4) is 0 Å². The van der Waals surface area contributed by atoms with Crippen LogP contribution in [-0.2, 0) is 13.6 Å². The molecule has 0 aromatic carbocycles. The summed E-state index contributed by atoms with van der Waals surface area (Å²) < 4.78 is 22.3. The number of hydrogen-bond acceptors (Lipinski definition) is 3. The predicted octanol–water partition coefficient (Wildman–Crippen LogP) is 2.44. The van der Waals surface area contributed by atoms with E-state index in [-0.39, 0.29) is 13.2 Å². The molecule has 0 aliphatic carbocycles. The Labute approximate surface area is 91.4 Å². The van der Waals surface area contributed by atoms with Gasteiger partial charge in [0.1, 0.15) is 6.61 Å². The van der Waals surface area contributed by atoms with Gasteiger partial charge in [-0.15, -0.1) is 25.3 Å². The Morgan fingerprint density at radius 2 is 2.13 bits per heavy atom. The smallest absolute Gasteiger partial charge is 0.307 e. The molecule has 2 atom stereocenters. The van der Waals surface area contributed by atoms with Crippen molar-refractivity contribution >= 4 is 7.60 Å². The van der Waals surface area contributed by atoms with E-state index < -0.39 is 13.3 Å². The monoisotopic (exact) mass is 226 g/mol. The van der Waals surface area contributed by atoms with E-state index in [9.17, 15) is 4.57 Å². The molecule has 0 aromatic rings. The summed E-state index contributed by atoms with van der Waals surface area (Å²) in [6.07, 6.45) is 12.0. The average molecular weight is 226 g/mol. The Morgan fingerprint density at radius 3 is 2.60 bits per heavy atom. The van der Waals surface area contributed by atoms with Gasteiger partial charge in [-0.2, -0.15) is 0 Å². The summed E-state index contributed by atoms with van der Waals surface area (Å²) in [5.74, 6) is 4.63. The molecule has 0 amide bonds. The van der Waals surface area contributed by atoms with E-state index in [0.29, 0.717) is 6.42 Å². The van der Waals surface area contributed by atoms with Gasteiger partial charge in [0.25, 0.3) is 0 Å². The van der Waals surface area contributed by atoms with Crippen LogP contribution in [0, 0.1) is 24.7 Å². The zero-order chi connectivity index (χ0) is 11.7. The van der Waals surface area contributed by atoms with Crippen LogP contribution in [0.15, 0.2) is 12.7 Å². The van der Waals surface area contributed by atoms with Gasteiger partial charge in [-0.3, -0.25) is 9.09 Å². The maximum absolute atomic E-state index is 12.1. The quantitative estimate of drug-likeness (QED) is 0.289. The molecule has 2 unspecified atom stereocenters. The predicted molar refractivity (Wildman–Crippen MR) is 61.5 cm³/mol. The average Bonchev–Trinajstić information content (AvgIpc) is 2.25. The van der Waals surface area contributed by atoms with Crippen molar-refractivity contribution in [3.05, 3.63) is 12.7 Å². The van der Waals surface area contributed by atoms with Crippen LogP contribution in [0.2, 0.25) is 0 Å². The fourth-order valence-corrected chi connectivity index (χ4v) is 2.16. The second-order valence-corrected chi connectivity index (χ2v) is 5.19. The standard InChI is InChI=1S/C11H15O3P/c1-5-8-10-14-15(12,11(4)7-3)13-9-6-2/h1-2,7,11H,3,8-10H2,4H3. The van der Waals surface area contributed by atoms with Gasteiger partial charge >= 0.3 is 7.60 Å². The Hall–Kier alpha value is -0.990. The summed E-state index contributed by atoms with van der Waals surface area (Å²) in [7, 11) is -3.21. The summed E-state index contributed by atoms with van der Waals surface area (Å²) in [5.41, 5.74) is -0.399. The van der Waals surface area contributed by atoms with Gasteiger partial charge in [0.2, 0.25) is 0 Å². The topological polar surface area (TPSA) is 35.5 Å². The molecule has 0 rings (SSSR count). The Morgan fingerprint density at radius 1 is 1.47 bits per heavy atom. The largest absolute Gasteiger partial charge is 0.338 e. The number of hydrogen-bond donors (Lipinski definition) is 0. The van der Waals surface area contributed by atoms with Crippen molar-refractivity contribution < 1.29 is 13.6 Å². The number of terminal acetylenes is 2. The Bertz CT molecular complexity index is 322. The first-order valence-electron chi connectivity index (χ1n) is 4.49. The lowest BCUT2D eigenvalue weighted by Crippen LogP contribution is -2.08. The molecule has 0 aliphatic heterocycles. The minimum Gasteiger partial charge on any atom is -0.307 e. The Balaban J connectivity index is 4.43. The van der Waals surface area contributed by atoms with Crippen molar-refractivity contribution in [2.24, 2.45) is 0 Å². The molecule has 15 heavy (non-hydrogen) atoms. The van der Waals surface area contributed by atoms with Gasteiger partial charge in [0, 0.05) is 6.42 Å². The highest BCUT2D eigenvalue weighted by Crippen LogP contribution is 2.53. The molecule has 3 nitrogen and oxygen atoms in total. The van der Waals surface area contributed by atoms with Crippen molar-refractivity contribution in [3.63, 3.8) is 0 Å². The second-order valence-electron chi connectivity index (χ2n) is 2.78. The highest BCUT2D eigenvalue weighted by atomic mass is 31.2. The van der Waals surface area contributed by atoms with E-state index >= 15 is 0 Å². The van der Waals surface area contributed by atoms with Crippen molar-refractivity contribution in [1.29, 1.82) is 0 Å². The van der Waals surface area contributed by atoms with E-state index in [4.69, 9.17) is 21.9 Å². The van der Waals surface area contributed by atoms with Crippen LogP contribution in [0.4, 0.5) is 0 Å². The van der Waals surface area contributed by atoms with Gasteiger partial charge in [-0.25, -0.2) is 0 Å². The minimum absolute atomic E-state index is 0.0501. The van der Waals surface area contributed by atoms with E-state index in [1.807, 2.05) is 0 Å². The fraction of sp³-hybridized carbons (Fsp3) is 0.455. The molecular formula is C11H15O3P. The van der Waals surface area contributed by atoms with E-state index in [1.54, 1.807) is 6.92 Å². The van der Waals surface area contributed by atoms with Crippen molar-refractivity contribution in [3.8, 4) is 24.7 Å². The third kappa shape index (κ3) is 4.86. The second kappa shape index (κ2) is 7.32. The molecule has 0 saturated carbocycles. The normalized spacial score (nSPS) is 15.7. The number of allylic oxidation sites excluding steroid dienone is 1. The summed E-state index contributed by atoms with van der Waals surface area (Å²) >= 11 is 0. The van der Waals surface area contributed by atoms with Crippen LogP contribution in [0.25, 0.3) is 0 Å². The van der Waals surface area contributed by atoms with Crippen LogP contribution in [0.1, 0.15) is 13.3 Å². The molecule has 0 N–H and O–H groups in total. The van der Waals surface area contributed by atoms with Crippen molar-refractivity contribution in [2.75, 3.05) is 13.2 Å². The first-order valence-corrected chi connectivity index (χ1v) is 6.10. The van der Waals surface area contributed by atoms with Crippen LogP contribution in [0.5, 0.6) is 0 Å². The minimum atomic E-state index is -3.21. The van der Waals surface area contributed by atoms with Crippen LogP contribution < -0.4 is 0 Å².